The molecule has 2 aromatic rings. The largest absolute Gasteiger partial charge is 0.497 e. The molecule has 0 fully saturated rings. The molecular formula is C23H26O3. The van der Waals surface area contributed by atoms with Crippen molar-refractivity contribution >= 4 is 0 Å². The molecule has 0 aliphatic heterocycles. The van der Waals surface area contributed by atoms with Gasteiger partial charge in [-0.3, -0.25) is 0 Å². The summed E-state index contributed by atoms with van der Waals surface area (Å²) in [6.45, 7) is 4.35. The Hall–Kier alpha value is -2.62. The lowest BCUT2D eigenvalue weighted by molar-refractivity contribution is 0.118. The highest BCUT2D eigenvalue weighted by atomic mass is 16.5. The van der Waals surface area contributed by atoms with Crippen molar-refractivity contribution in [3.63, 3.8) is 0 Å². The third kappa shape index (κ3) is 4.51. The Labute approximate surface area is 155 Å². The van der Waals surface area contributed by atoms with Crippen molar-refractivity contribution < 1.29 is 14.6 Å². The fraction of sp³-hybridized carbons (Fsp3) is 0.217. The maximum atomic E-state index is 11.8. The summed E-state index contributed by atoms with van der Waals surface area (Å²) in [4.78, 5) is 0. The average molecular weight is 350 g/mol. The monoisotopic (exact) mass is 350 g/mol. The zero-order valence-corrected chi connectivity index (χ0v) is 15.4. The van der Waals surface area contributed by atoms with Gasteiger partial charge in [-0.05, 0) is 35.3 Å². The predicted molar refractivity (Wildman–Crippen MR) is 106 cm³/mol. The van der Waals surface area contributed by atoms with Gasteiger partial charge in [-0.25, -0.2) is 0 Å². The molecule has 1 atom stereocenters. The van der Waals surface area contributed by atoms with Crippen LogP contribution in [-0.2, 0) is 10.3 Å². The van der Waals surface area contributed by atoms with Crippen LogP contribution in [-0.4, -0.2) is 25.9 Å². The van der Waals surface area contributed by atoms with Gasteiger partial charge in [0.15, 0.2) is 0 Å². The van der Waals surface area contributed by atoms with E-state index in [2.05, 4.69) is 6.58 Å². The molecule has 0 saturated carbocycles. The van der Waals surface area contributed by atoms with Gasteiger partial charge in [-0.2, -0.15) is 0 Å². The normalized spacial score (nSPS) is 14.2. The Morgan fingerprint density at radius 1 is 1.00 bits per heavy atom. The van der Waals surface area contributed by atoms with Crippen LogP contribution in [0, 0.1) is 0 Å². The molecule has 136 valence electrons. The van der Waals surface area contributed by atoms with Gasteiger partial charge >= 0.3 is 0 Å². The number of hydrogen-bond donors (Lipinski definition) is 1. The first-order valence-corrected chi connectivity index (χ1v) is 8.55. The maximum Gasteiger partial charge on any atom is 0.137 e. The highest BCUT2D eigenvalue weighted by Gasteiger charge is 2.34. The molecule has 2 rings (SSSR count). The third-order valence-electron chi connectivity index (χ3n) is 4.25. The fourth-order valence-corrected chi connectivity index (χ4v) is 2.90. The lowest BCUT2D eigenvalue weighted by atomic mass is 9.78. The summed E-state index contributed by atoms with van der Waals surface area (Å²) in [5, 5.41) is 11.8. The first kappa shape index (κ1) is 19.7. The molecule has 0 aromatic heterocycles. The van der Waals surface area contributed by atoms with Gasteiger partial charge in [-0.1, -0.05) is 73.3 Å². The van der Waals surface area contributed by atoms with Crippen molar-refractivity contribution in [2.75, 3.05) is 20.8 Å². The standard InChI is InChI=1S/C23H26O3/c1-4-10-19(13-8-9-18-25-2)23(24,20-11-6-5-7-12-20)21-14-16-22(26-3)17-15-21/h4-12,14-17,24H,1,13,18H2,2-3H3/b9-8-,19-10+. The molecule has 0 radical (unpaired) electrons. The van der Waals surface area contributed by atoms with E-state index in [9.17, 15) is 5.11 Å². The van der Waals surface area contributed by atoms with Crippen LogP contribution in [0.25, 0.3) is 0 Å². The van der Waals surface area contributed by atoms with Gasteiger partial charge in [0.05, 0.1) is 13.7 Å². The number of aliphatic hydroxyl groups is 1. The van der Waals surface area contributed by atoms with E-state index in [1.54, 1.807) is 20.3 Å². The molecule has 0 amide bonds. The second-order valence-electron chi connectivity index (χ2n) is 5.86. The summed E-state index contributed by atoms with van der Waals surface area (Å²) in [7, 11) is 3.28. The van der Waals surface area contributed by atoms with E-state index in [0.717, 1.165) is 22.4 Å². The lowest BCUT2D eigenvalue weighted by Gasteiger charge is -2.32. The van der Waals surface area contributed by atoms with Crippen LogP contribution in [0.4, 0.5) is 0 Å². The van der Waals surface area contributed by atoms with Crippen molar-refractivity contribution in [2.24, 2.45) is 0 Å². The molecule has 0 saturated heterocycles. The van der Waals surface area contributed by atoms with Gasteiger partial charge < -0.3 is 14.6 Å². The van der Waals surface area contributed by atoms with Gasteiger partial charge in [0.25, 0.3) is 0 Å². The van der Waals surface area contributed by atoms with Crippen LogP contribution in [0.1, 0.15) is 17.5 Å². The van der Waals surface area contributed by atoms with Crippen LogP contribution in [0.5, 0.6) is 5.75 Å². The van der Waals surface area contributed by atoms with Crippen LogP contribution in [0.2, 0.25) is 0 Å². The highest BCUT2D eigenvalue weighted by molar-refractivity contribution is 5.47. The SMILES string of the molecule is C=C/C=C(\C/C=C\COC)C(O)(c1ccccc1)c1ccc(OC)cc1. The van der Waals surface area contributed by atoms with E-state index in [1.165, 1.54) is 0 Å². The van der Waals surface area contributed by atoms with Crippen LogP contribution in [0.15, 0.2) is 91.1 Å². The predicted octanol–water partition coefficient (Wildman–Crippen LogP) is 4.64. The van der Waals surface area contributed by atoms with Crippen molar-refractivity contribution in [1.82, 2.24) is 0 Å². The van der Waals surface area contributed by atoms with E-state index in [1.807, 2.05) is 72.8 Å². The topological polar surface area (TPSA) is 38.7 Å². The van der Waals surface area contributed by atoms with Crippen molar-refractivity contribution in [1.29, 1.82) is 0 Å². The van der Waals surface area contributed by atoms with Crippen molar-refractivity contribution in [3.8, 4) is 5.75 Å². The number of benzene rings is 2. The van der Waals surface area contributed by atoms with Crippen LogP contribution in [0.3, 0.4) is 0 Å². The molecule has 1 N–H and O–H groups in total. The van der Waals surface area contributed by atoms with E-state index in [4.69, 9.17) is 9.47 Å². The quantitative estimate of drug-likeness (QED) is 0.529. The molecule has 26 heavy (non-hydrogen) atoms. The highest BCUT2D eigenvalue weighted by Crippen LogP contribution is 2.39. The molecule has 0 bridgehead atoms. The second kappa shape index (κ2) is 9.76. The van der Waals surface area contributed by atoms with E-state index in [0.29, 0.717) is 13.0 Å². The Balaban J connectivity index is 2.54. The average Bonchev–Trinajstić information content (AvgIpc) is 2.70. The molecule has 1 unspecified atom stereocenters. The lowest BCUT2D eigenvalue weighted by Crippen LogP contribution is -2.30. The maximum absolute atomic E-state index is 11.8. The number of rotatable bonds is 9. The molecule has 0 aliphatic rings. The molecule has 0 aliphatic carbocycles. The summed E-state index contributed by atoms with van der Waals surface area (Å²) in [5.41, 5.74) is 1.14. The number of hydrogen-bond acceptors (Lipinski definition) is 3. The van der Waals surface area contributed by atoms with E-state index in [-0.39, 0.29) is 0 Å². The number of allylic oxidation sites excluding steroid dienone is 3. The summed E-state index contributed by atoms with van der Waals surface area (Å²) >= 11 is 0. The first-order valence-electron chi connectivity index (χ1n) is 8.55. The molecule has 0 spiro atoms. The zero-order valence-electron chi connectivity index (χ0n) is 15.4. The Kier molecular flexibility index (Phi) is 7.39. The first-order chi connectivity index (χ1) is 12.7. The summed E-state index contributed by atoms with van der Waals surface area (Å²) < 4.78 is 10.3. The Morgan fingerprint density at radius 3 is 2.23 bits per heavy atom. The van der Waals surface area contributed by atoms with E-state index >= 15 is 0 Å². The van der Waals surface area contributed by atoms with Gasteiger partial charge in [0.1, 0.15) is 11.4 Å². The Bertz CT molecular complexity index is 745. The molecule has 3 heteroatoms. The van der Waals surface area contributed by atoms with Gasteiger partial charge in [0, 0.05) is 7.11 Å². The minimum Gasteiger partial charge on any atom is -0.497 e. The fourth-order valence-electron chi connectivity index (χ4n) is 2.90. The van der Waals surface area contributed by atoms with Gasteiger partial charge in [-0.15, -0.1) is 0 Å². The van der Waals surface area contributed by atoms with Crippen LogP contribution < -0.4 is 4.74 Å². The second-order valence-corrected chi connectivity index (χ2v) is 5.86. The van der Waals surface area contributed by atoms with E-state index < -0.39 is 5.60 Å². The molecule has 2 aromatic carbocycles. The molecular weight excluding hydrogens is 324 g/mol. The minimum atomic E-state index is -1.26. The summed E-state index contributed by atoms with van der Waals surface area (Å²) in [6.07, 6.45) is 8.09. The minimum absolute atomic E-state index is 0.535. The number of methoxy groups -OCH3 is 2. The van der Waals surface area contributed by atoms with Crippen molar-refractivity contribution in [2.45, 2.75) is 12.0 Å². The van der Waals surface area contributed by atoms with Crippen molar-refractivity contribution in [3.05, 3.63) is 102 Å². The molecule has 3 nitrogen and oxygen atoms in total. The summed E-state index contributed by atoms with van der Waals surface area (Å²) in [6, 6.07) is 17.1. The van der Waals surface area contributed by atoms with Crippen LogP contribution >= 0.6 is 0 Å². The summed E-state index contributed by atoms with van der Waals surface area (Å²) in [5.74, 6) is 0.749. The smallest absolute Gasteiger partial charge is 0.137 e. The third-order valence-corrected chi connectivity index (χ3v) is 4.25. The Morgan fingerprint density at radius 2 is 1.65 bits per heavy atom. The number of ether oxygens (including phenoxy) is 2. The van der Waals surface area contributed by atoms with Gasteiger partial charge in [0.2, 0.25) is 0 Å². The zero-order chi connectivity index (χ0) is 18.8. The molecule has 0 heterocycles.